The highest BCUT2D eigenvalue weighted by atomic mass is 35.5. The van der Waals surface area contributed by atoms with Gasteiger partial charge in [0, 0.05) is 41.1 Å². The summed E-state index contributed by atoms with van der Waals surface area (Å²) < 4.78 is 1.96. The van der Waals surface area contributed by atoms with Gasteiger partial charge in [-0.25, -0.2) is 4.98 Å². The second-order valence-corrected chi connectivity index (χ2v) is 5.42. The van der Waals surface area contributed by atoms with E-state index in [4.69, 9.17) is 11.6 Å². The molecule has 0 aliphatic rings. The van der Waals surface area contributed by atoms with Gasteiger partial charge in [-0.15, -0.1) is 0 Å². The highest BCUT2D eigenvalue weighted by Crippen LogP contribution is 2.31. The van der Waals surface area contributed by atoms with Crippen molar-refractivity contribution in [1.29, 1.82) is 0 Å². The van der Waals surface area contributed by atoms with Crippen molar-refractivity contribution in [1.82, 2.24) is 19.4 Å². The summed E-state index contributed by atoms with van der Waals surface area (Å²) in [6, 6.07) is 11.4. The van der Waals surface area contributed by atoms with E-state index < -0.39 is 0 Å². The van der Waals surface area contributed by atoms with Crippen molar-refractivity contribution < 1.29 is 0 Å². The van der Waals surface area contributed by atoms with Gasteiger partial charge in [0.15, 0.2) is 5.65 Å². The number of halogens is 1. The SMILES string of the molecule is Clc1cccc(Nc2c(-c3ccncc3)nc3cnccn23)c1. The number of hydrogen-bond acceptors (Lipinski definition) is 4. The lowest BCUT2D eigenvalue weighted by atomic mass is 10.2. The molecule has 3 aromatic heterocycles. The standard InChI is InChI=1S/C17H12ClN5/c18-13-2-1-3-14(10-13)21-17-16(12-4-6-19-7-5-12)22-15-11-20-8-9-23(15)17/h1-11,21H. The van der Waals surface area contributed by atoms with E-state index in [1.165, 1.54) is 0 Å². The average molecular weight is 322 g/mol. The number of imidazole rings is 1. The Kier molecular flexibility index (Phi) is 3.40. The normalized spacial score (nSPS) is 10.8. The Bertz CT molecular complexity index is 965. The predicted molar refractivity (Wildman–Crippen MR) is 91.0 cm³/mol. The summed E-state index contributed by atoms with van der Waals surface area (Å²) in [6.07, 6.45) is 8.84. The molecule has 0 spiro atoms. The van der Waals surface area contributed by atoms with Crippen molar-refractivity contribution in [2.75, 3.05) is 5.32 Å². The molecule has 3 heterocycles. The molecule has 1 N–H and O–H groups in total. The van der Waals surface area contributed by atoms with Crippen LogP contribution in [-0.4, -0.2) is 19.4 Å². The number of fused-ring (bicyclic) bond motifs is 1. The van der Waals surface area contributed by atoms with Gasteiger partial charge < -0.3 is 5.32 Å². The zero-order valence-electron chi connectivity index (χ0n) is 12.0. The third-order valence-corrected chi connectivity index (χ3v) is 3.71. The zero-order chi connectivity index (χ0) is 15.6. The summed E-state index contributed by atoms with van der Waals surface area (Å²) in [6.45, 7) is 0. The first kappa shape index (κ1) is 13.7. The van der Waals surface area contributed by atoms with Crippen LogP contribution < -0.4 is 5.32 Å². The molecule has 0 aliphatic heterocycles. The van der Waals surface area contributed by atoms with Gasteiger partial charge in [-0.2, -0.15) is 0 Å². The molecular formula is C17H12ClN5. The van der Waals surface area contributed by atoms with Crippen LogP contribution in [0.25, 0.3) is 16.9 Å². The molecule has 0 saturated carbocycles. The van der Waals surface area contributed by atoms with Gasteiger partial charge in [0.25, 0.3) is 0 Å². The maximum Gasteiger partial charge on any atom is 0.157 e. The summed E-state index contributed by atoms with van der Waals surface area (Å²) in [4.78, 5) is 12.9. The van der Waals surface area contributed by atoms with E-state index in [9.17, 15) is 0 Å². The first-order chi connectivity index (χ1) is 11.3. The van der Waals surface area contributed by atoms with Crippen molar-refractivity contribution in [2.45, 2.75) is 0 Å². The van der Waals surface area contributed by atoms with E-state index >= 15 is 0 Å². The molecule has 0 fully saturated rings. The molecule has 112 valence electrons. The number of anilines is 2. The number of rotatable bonds is 3. The fraction of sp³-hybridized carbons (Fsp3) is 0. The Balaban J connectivity index is 1.89. The lowest BCUT2D eigenvalue weighted by molar-refractivity contribution is 1.13. The molecule has 0 aliphatic carbocycles. The van der Waals surface area contributed by atoms with E-state index in [2.05, 4.69) is 20.3 Å². The largest absolute Gasteiger partial charge is 0.339 e. The van der Waals surface area contributed by atoms with Crippen molar-refractivity contribution in [3.8, 4) is 11.3 Å². The van der Waals surface area contributed by atoms with E-state index in [1.54, 1.807) is 24.8 Å². The van der Waals surface area contributed by atoms with Gasteiger partial charge in [0.1, 0.15) is 11.5 Å². The maximum atomic E-state index is 6.08. The van der Waals surface area contributed by atoms with Gasteiger partial charge in [0.2, 0.25) is 0 Å². The molecule has 4 rings (SSSR count). The van der Waals surface area contributed by atoms with Gasteiger partial charge in [-0.1, -0.05) is 17.7 Å². The molecule has 0 amide bonds. The number of aromatic nitrogens is 4. The molecule has 1 aromatic carbocycles. The Morgan fingerprint density at radius 2 is 1.87 bits per heavy atom. The molecule has 23 heavy (non-hydrogen) atoms. The van der Waals surface area contributed by atoms with Crippen LogP contribution in [0.2, 0.25) is 5.02 Å². The monoisotopic (exact) mass is 321 g/mol. The van der Waals surface area contributed by atoms with Crippen molar-refractivity contribution in [2.24, 2.45) is 0 Å². The first-order valence-electron chi connectivity index (χ1n) is 7.06. The fourth-order valence-electron chi connectivity index (χ4n) is 2.44. The van der Waals surface area contributed by atoms with Crippen LogP contribution in [0.3, 0.4) is 0 Å². The summed E-state index contributed by atoms with van der Waals surface area (Å²) in [7, 11) is 0. The number of hydrogen-bond donors (Lipinski definition) is 1. The average Bonchev–Trinajstić information content (AvgIpc) is 2.95. The molecule has 0 bridgehead atoms. The second-order valence-electron chi connectivity index (χ2n) is 4.98. The maximum absolute atomic E-state index is 6.08. The fourth-order valence-corrected chi connectivity index (χ4v) is 2.63. The zero-order valence-corrected chi connectivity index (χ0v) is 12.8. The van der Waals surface area contributed by atoms with Gasteiger partial charge >= 0.3 is 0 Å². The van der Waals surface area contributed by atoms with E-state index in [1.807, 2.05) is 47.0 Å². The van der Waals surface area contributed by atoms with Gasteiger partial charge in [-0.05, 0) is 30.3 Å². The lowest BCUT2D eigenvalue weighted by Gasteiger charge is -2.09. The van der Waals surface area contributed by atoms with E-state index in [0.29, 0.717) is 5.02 Å². The predicted octanol–water partition coefficient (Wildman–Crippen LogP) is 4.19. The number of benzene rings is 1. The molecule has 6 heteroatoms. The van der Waals surface area contributed by atoms with Crippen LogP contribution >= 0.6 is 11.6 Å². The Hall–Kier alpha value is -2.92. The smallest absolute Gasteiger partial charge is 0.157 e. The summed E-state index contributed by atoms with van der Waals surface area (Å²) >= 11 is 6.08. The quantitative estimate of drug-likeness (QED) is 0.614. The highest BCUT2D eigenvalue weighted by molar-refractivity contribution is 6.30. The Morgan fingerprint density at radius 1 is 1.00 bits per heavy atom. The molecular weight excluding hydrogens is 310 g/mol. The molecule has 0 saturated heterocycles. The summed E-state index contributed by atoms with van der Waals surface area (Å²) in [5.74, 6) is 0.857. The second kappa shape index (κ2) is 5.70. The minimum Gasteiger partial charge on any atom is -0.339 e. The first-order valence-corrected chi connectivity index (χ1v) is 7.44. The summed E-state index contributed by atoms with van der Waals surface area (Å²) in [5, 5.41) is 4.08. The van der Waals surface area contributed by atoms with Crippen molar-refractivity contribution in [3.63, 3.8) is 0 Å². The molecule has 0 unspecified atom stereocenters. The third-order valence-electron chi connectivity index (χ3n) is 3.47. The number of pyridine rings is 1. The molecule has 0 atom stereocenters. The van der Waals surface area contributed by atoms with Crippen LogP contribution in [0.5, 0.6) is 0 Å². The molecule has 5 nitrogen and oxygen atoms in total. The molecule has 4 aromatic rings. The van der Waals surface area contributed by atoms with Crippen LogP contribution in [0.1, 0.15) is 0 Å². The van der Waals surface area contributed by atoms with Crippen molar-refractivity contribution in [3.05, 3.63) is 72.4 Å². The lowest BCUT2D eigenvalue weighted by Crippen LogP contribution is -1.97. The van der Waals surface area contributed by atoms with E-state index in [0.717, 1.165) is 28.4 Å². The highest BCUT2D eigenvalue weighted by Gasteiger charge is 2.14. The molecule has 0 radical (unpaired) electrons. The van der Waals surface area contributed by atoms with Crippen LogP contribution in [0.15, 0.2) is 67.4 Å². The van der Waals surface area contributed by atoms with Crippen LogP contribution in [-0.2, 0) is 0 Å². The minimum absolute atomic E-state index is 0.677. The number of nitrogens with zero attached hydrogens (tertiary/aromatic N) is 4. The van der Waals surface area contributed by atoms with Crippen LogP contribution in [0, 0.1) is 0 Å². The minimum atomic E-state index is 0.677. The van der Waals surface area contributed by atoms with Crippen LogP contribution in [0.4, 0.5) is 11.5 Å². The van der Waals surface area contributed by atoms with E-state index in [-0.39, 0.29) is 0 Å². The van der Waals surface area contributed by atoms with Crippen molar-refractivity contribution >= 4 is 28.8 Å². The Morgan fingerprint density at radius 3 is 2.70 bits per heavy atom. The Labute approximate surface area is 137 Å². The van der Waals surface area contributed by atoms with Gasteiger partial charge in [-0.3, -0.25) is 14.4 Å². The summed E-state index contributed by atoms with van der Waals surface area (Å²) in [5.41, 5.74) is 3.48. The topological polar surface area (TPSA) is 55.1 Å². The third kappa shape index (κ3) is 2.62. The van der Waals surface area contributed by atoms with Gasteiger partial charge in [0.05, 0.1) is 6.20 Å². The number of nitrogens with one attached hydrogen (secondary N) is 1.